The fourth-order valence-corrected chi connectivity index (χ4v) is 1.57. The van der Waals surface area contributed by atoms with Crippen molar-refractivity contribution < 1.29 is 19.2 Å². The van der Waals surface area contributed by atoms with Crippen molar-refractivity contribution in [1.82, 2.24) is 0 Å². The highest BCUT2D eigenvalue weighted by molar-refractivity contribution is 6.20. The summed E-state index contributed by atoms with van der Waals surface area (Å²) in [5.41, 5.74) is -0.980. The quantitative estimate of drug-likeness (QED) is 0.212. The molecule has 0 saturated heterocycles. The lowest BCUT2D eigenvalue weighted by molar-refractivity contribution is -0.385. The Balaban J connectivity index is 3.27. The predicted octanol–water partition coefficient (Wildman–Crippen LogP) is 2.91. The van der Waals surface area contributed by atoms with Gasteiger partial charge >= 0.3 is 5.97 Å². The molecule has 1 aromatic rings. The van der Waals surface area contributed by atoms with Crippen LogP contribution in [0.5, 0.6) is 0 Å². The number of carbonyl (C=O) groups excluding carboxylic acids is 2. The van der Waals surface area contributed by atoms with Crippen molar-refractivity contribution in [1.29, 1.82) is 0 Å². The zero-order chi connectivity index (χ0) is 16.2. The fraction of sp³-hybridized carbons (Fsp3) is 0.333. The van der Waals surface area contributed by atoms with Gasteiger partial charge in [-0.15, -0.1) is 0 Å². The Bertz CT molecular complexity index is 611. The van der Waals surface area contributed by atoms with Crippen molar-refractivity contribution in [3.05, 3.63) is 45.5 Å². The molecule has 112 valence electrons. The maximum absolute atomic E-state index is 12.0. The minimum atomic E-state index is -0.798. The van der Waals surface area contributed by atoms with Gasteiger partial charge in [-0.25, -0.2) is 4.79 Å². The average Bonchev–Trinajstić information content (AvgIpc) is 2.33. The largest absolute Gasteiger partial charge is 0.456 e. The third-order valence-corrected chi connectivity index (χ3v) is 2.43. The van der Waals surface area contributed by atoms with Crippen LogP contribution in [0.4, 0.5) is 5.69 Å². The van der Waals surface area contributed by atoms with E-state index in [0.717, 1.165) is 0 Å². The van der Waals surface area contributed by atoms with Crippen molar-refractivity contribution in [3.63, 3.8) is 0 Å². The number of ketones is 1. The number of carbonyl (C=O) groups is 2. The number of nitro benzene ring substituents is 1. The number of Topliss-reactive ketones (excluding diaryl/α,β-unsaturated/α-hetero) is 1. The summed E-state index contributed by atoms with van der Waals surface area (Å²) in [5.74, 6) is -1.31. The first-order valence-electron chi connectivity index (χ1n) is 6.31. The number of hydrogen-bond acceptors (Lipinski definition) is 5. The van der Waals surface area contributed by atoms with Crippen LogP contribution in [0.2, 0.25) is 0 Å². The number of benzene rings is 1. The van der Waals surface area contributed by atoms with E-state index in [1.807, 2.05) is 0 Å². The number of nitrogens with zero attached hydrogens (tertiary/aromatic N) is 1. The third kappa shape index (κ3) is 4.83. The highest BCUT2D eigenvalue weighted by Crippen LogP contribution is 2.22. The molecule has 0 N–H and O–H groups in total. The molecule has 0 aliphatic heterocycles. The van der Waals surface area contributed by atoms with E-state index in [1.54, 1.807) is 26.8 Å². The smallest absolute Gasteiger partial charge is 0.342 e. The highest BCUT2D eigenvalue weighted by atomic mass is 16.6. The average molecular weight is 291 g/mol. The molecule has 0 radical (unpaired) electrons. The second-order valence-electron chi connectivity index (χ2n) is 5.43. The molecule has 6 heteroatoms. The van der Waals surface area contributed by atoms with Gasteiger partial charge in [0.15, 0.2) is 5.78 Å². The molecule has 0 aliphatic carbocycles. The van der Waals surface area contributed by atoms with E-state index in [-0.39, 0.29) is 16.8 Å². The molecule has 0 aliphatic rings. The first-order chi connectivity index (χ1) is 9.61. The topological polar surface area (TPSA) is 86.5 Å². The molecule has 21 heavy (non-hydrogen) atoms. The zero-order valence-electron chi connectivity index (χ0n) is 12.4. The standard InChI is InChI=1S/C15H17NO5/c1-10(17)12(14(18)21-15(2,3)4)9-11-7-5-6-8-13(11)16(19)20/h5-9H,1-4H3/b12-9-. The minimum Gasteiger partial charge on any atom is -0.456 e. The first kappa shape index (κ1) is 16.6. The van der Waals surface area contributed by atoms with Gasteiger partial charge in [-0.05, 0) is 39.8 Å². The molecule has 0 fully saturated rings. The Morgan fingerprint density at radius 2 is 1.81 bits per heavy atom. The maximum atomic E-state index is 12.0. The van der Waals surface area contributed by atoms with Crippen LogP contribution in [0.15, 0.2) is 29.8 Å². The Morgan fingerprint density at radius 3 is 2.29 bits per heavy atom. The van der Waals surface area contributed by atoms with Crippen LogP contribution in [0, 0.1) is 10.1 Å². The summed E-state index contributed by atoms with van der Waals surface area (Å²) < 4.78 is 5.14. The van der Waals surface area contributed by atoms with Crippen LogP contribution in [-0.2, 0) is 14.3 Å². The van der Waals surface area contributed by atoms with Crippen LogP contribution >= 0.6 is 0 Å². The molecule has 0 saturated carbocycles. The number of esters is 1. The summed E-state index contributed by atoms with van der Waals surface area (Å²) >= 11 is 0. The maximum Gasteiger partial charge on any atom is 0.342 e. The molecule has 0 bridgehead atoms. The van der Waals surface area contributed by atoms with E-state index in [9.17, 15) is 19.7 Å². The molecule has 0 aromatic heterocycles. The van der Waals surface area contributed by atoms with Crippen molar-refractivity contribution in [2.45, 2.75) is 33.3 Å². The summed E-state index contributed by atoms with van der Waals surface area (Å²) in [4.78, 5) is 34.0. The monoisotopic (exact) mass is 291 g/mol. The lowest BCUT2D eigenvalue weighted by atomic mass is 10.1. The Kier molecular flexibility index (Phi) is 4.97. The number of hydrogen-bond donors (Lipinski definition) is 0. The van der Waals surface area contributed by atoms with Crippen molar-refractivity contribution in [3.8, 4) is 0 Å². The number of rotatable bonds is 4. The second-order valence-corrected chi connectivity index (χ2v) is 5.43. The minimum absolute atomic E-state index is 0.179. The van der Waals surface area contributed by atoms with Gasteiger partial charge in [0.1, 0.15) is 11.2 Å². The van der Waals surface area contributed by atoms with Crippen molar-refractivity contribution in [2.24, 2.45) is 0 Å². The Hall–Kier alpha value is -2.50. The summed E-state index contributed by atoms with van der Waals surface area (Å²) in [6.45, 7) is 6.24. The number of ether oxygens (including phenoxy) is 1. The molecular weight excluding hydrogens is 274 g/mol. The molecule has 1 aromatic carbocycles. The van der Waals surface area contributed by atoms with Gasteiger partial charge in [-0.1, -0.05) is 12.1 Å². The summed E-state index contributed by atoms with van der Waals surface area (Å²) in [6.07, 6.45) is 1.19. The molecule has 0 atom stereocenters. The summed E-state index contributed by atoms with van der Waals surface area (Å²) in [5, 5.41) is 10.9. The summed E-state index contributed by atoms with van der Waals surface area (Å²) in [6, 6.07) is 5.87. The van der Waals surface area contributed by atoms with Gasteiger partial charge in [0.05, 0.1) is 10.5 Å². The predicted molar refractivity (Wildman–Crippen MR) is 77.6 cm³/mol. The Labute approximate surface area is 122 Å². The van der Waals surface area contributed by atoms with Crippen LogP contribution < -0.4 is 0 Å². The van der Waals surface area contributed by atoms with E-state index in [2.05, 4.69) is 0 Å². The SMILES string of the molecule is CC(=O)/C(=C/c1ccccc1[N+](=O)[O-])C(=O)OC(C)(C)C. The van der Waals surface area contributed by atoms with E-state index < -0.39 is 22.3 Å². The van der Waals surface area contributed by atoms with Gasteiger partial charge < -0.3 is 4.74 Å². The van der Waals surface area contributed by atoms with Crippen LogP contribution in [0.25, 0.3) is 6.08 Å². The van der Waals surface area contributed by atoms with E-state index in [1.165, 1.54) is 31.2 Å². The second kappa shape index (κ2) is 6.30. The van der Waals surface area contributed by atoms with Crippen LogP contribution in [-0.4, -0.2) is 22.3 Å². The summed E-state index contributed by atoms with van der Waals surface area (Å²) in [7, 11) is 0. The van der Waals surface area contributed by atoms with Crippen molar-refractivity contribution >= 4 is 23.5 Å². The Morgan fingerprint density at radius 1 is 1.24 bits per heavy atom. The van der Waals surface area contributed by atoms with Crippen LogP contribution in [0.1, 0.15) is 33.3 Å². The first-order valence-corrected chi connectivity index (χ1v) is 6.31. The molecule has 0 heterocycles. The molecule has 0 unspecified atom stereocenters. The molecule has 1 rings (SSSR count). The highest BCUT2D eigenvalue weighted by Gasteiger charge is 2.23. The fourth-order valence-electron chi connectivity index (χ4n) is 1.57. The lowest BCUT2D eigenvalue weighted by Crippen LogP contribution is -2.26. The molecule has 0 amide bonds. The van der Waals surface area contributed by atoms with Crippen molar-refractivity contribution in [2.75, 3.05) is 0 Å². The number of nitro groups is 1. The van der Waals surface area contributed by atoms with E-state index in [4.69, 9.17) is 4.74 Å². The zero-order valence-corrected chi connectivity index (χ0v) is 12.4. The van der Waals surface area contributed by atoms with Crippen LogP contribution in [0.3, 0.4) is 0 Å². The molecule has 6 nitrogen and oxygen atoms in total. The normalized spacial score (nSPS) is 11.9. The van der Waals surface area contributed by atoms with Gasteiger partial charge in [-0.2, -0.15) is 0 Å². The third-order valence-electron chi connectivity index (χ3n) is 2.43. The van der Waals surface area contributed by atoms with Gasteiger partial charge in [0.2, 0.25) is 0 Å². The van der Waals surface area contributed by atoms with E-state index >= 15 is 0 Å². The van der Waals surface area contributed by atoms with Gasteiger partial charge in [0, 0.05) is 6.07 Å². The van der Waals surface area contributed by atoms with Gasteiger partial charge in [-0.3, -0.25) is 14.9 Å². The number of para-hydroxylation sites is 1. The molecule has 0 spiro atoms. The molecular formula is C15H17NO5. The van der Waals surface area contributed by atoms with E-state index in [0.29, 0.717) is 0 Å². The van der Waals surface area contributed by atoms with Gasteiger partial charge in [0.25, 0.3) is 5.69 Å². The lowest BCUT2D eigenvalue weighted by Gasteiger charge is -2.19.